The third-order valence-electron chi connectivity index (χ3n) is 5.06. The van der Waals surface area contributed by atoms with E-state index in [9.17, 15) is 14.0 Å². The SMILES string of the molecule is O=C(NC[C@@H](Cc1cccc(F)c1)N1CCCC1=O)[C@@H]1CC=CCC1. The van der Waals surface area contributed by atoms with Gasteiger partial charge < -0.3 is 10.2 Å². The van der Waals surface area contributed by atoms with Gasteiger partial charge in [0.2, 0.25) is 11.8 Å². The van der Waals surface area contributed by atoms with Gasteiger partial charge in [0.25, 0.3) is 0 Å². The molecular formula is C20H25FN2O2. The first kappa shape index (κ1) is 17.6. The van der Waals surface area contributed by atoms with Crippen LogP contribution in [0.15, 0.2) is 36.4 Å². The lowest BCUT2D eigenvalue weighted by Crippen LogP contribution is -2.47. The highest BCUT2D eigenvalue weighted by atomic mass is 19.1. The predicted octanol–water partition coefficient (Wildman–Crippen LogP) is 2.83. The smallest absolute Gasteiger partial charge is 0.223 e. The summed E-state index contributed by atoms with van der Waals surface area (Å²) in [5, 5.41) is 3.02. The van der Waals surface area contributed by atoms with E-state index in [1.165, 1.54) is 12.1 Å². The first-order valence-electron chi connectivity index (χ1n) is 9.10. The molecule has 2 aliphatic rings. The van der Waals surface area contributed by atoms with Crippen LogP contribution in [0.1, 0.15) is 37.7 Å². The van der Waals surface area contributed by atoms with Crippen LogP contribution in [0.3, 0.4) is 0 Å². The number of carbonyl (C=O) groups is 2. The number of amides is 2. The minimum atomic E-state index is -0.276. The Morgan fingerprint density at radius 2 is 2.24 bits per heavy atom. The molecule has 1 aliphatic carbocycles. The fourth-order valence-corrected chi connectivity index (χ4v) is 3.68. The number of carbonyl (C=O) groups excluding carboxylic acids is 2. The van der Waals surface area contributed by atoms with Gasteiger partial charge in [-0.1, -0.05) is 24.3 Å². The molecule has 0 saturated carbocycles. The van der Waals surface area contributed by atoms with E-state index in [2.05, 4.69) is 17.5 Å². The Balaban J connectivity index is 1.64. The molecule has 134 valence electrons. The van der Waals surface area contributed by atoms with Gasteiger partial charge in [0.15, 0.2) is 0 Å². The van der Waals surface area contributed by atoms with E-state index in [0.717, 1.165) is 31.2 Å². The van der Waals surface area contributed by atoms with Crippen LogP contribution >= 0.6 is 0 Å². The molecule has 1 fully saturated rings. The second-order valence-corrected chi connectivity index (χ2v) is 6.91. The van der Waals surface area contributed by atoms with Crippen LogP contribution in [0.2, 0.25) is 0 Å². The summed E-state index contributed by atoms with van der Waals surface area (Å²) in [7, 11) is 0. The number of likely N-dealkylation sites (tertiary alicyclic amines) is 1. The molecule has 1 aromatic carbocycles. The average Bonchev–Trinajstić information content (AvgIpc) is 3.05. The quantitative estimate of drug-likeness (QED) is 0.807. The summed E-state index contributed by atoms with van der Waals surface area (Å²) in [5.74, 6) is -0.0763. The fourth-order valence-electron chi connectivity index (χ4n) is 3.68. The summed E-state index contributed by atoms with van der Waals surface area (Å²) in [5.41, 5.74) is 0.847. The summed E-state index contributed by atoms with van der Waals surface area (Å²) in [6.45, 7) is 1.13. The van der Waals surface area contributed by atoms with Crippen LogP contribution in [0, 0.1) is 11.7 Å². The molecule has 1 aliphatic heterocycles. The molecule has 5 heteroatoms. The van der Waals surface area contributed by atoms with E-state index < -0.39 is 0 Å². The molecule has 0 spiro atoms. The lowest BCUT2D eigenvalue weighted by atomic mass is 9.93. The van der Waals surface area contributed by atoms with Crippen molar-refractivity contribution >= 4 is 11.8 Å². The van der Waals surface area contributed by atoms with Crippen molar-refractivity contribution < 1.29 is 14.0 Å². The summed E-state index contributed by atoms with van der Waals surface area (Å²) in [6.07, 6.45) is 8.72. The molecule has 25 heavy (non-hydrogen) atoms. The zero-order valence-corrected chi connectivity index (χ0v) is 14.4. The highest BCUT2D eigenvalue weighted by molar-refractivity contribution is 5.80. The van der Waals surface area contributed by atoms with E-state index in [-0.39, 0.29) is 29.6 Å². The van der Waals surface area contributed by atoms with Crippen LogP contribution in [0.25, 0.3) is 0 Å². The number of rotatable bonds is 6. The molecule has 0 bridgehead atoms. The monoisotopic (exact) mass is 344 g/mol. The van der Waals surface area contributed by atoms with Gasteiger partial charge in [0.1, 0.15) is 5.82 Å². The molecule has 0 radical (unpaired) electrons. The summed E-state index contributed by atoms with van der Waals surface area (Å²) in [4.78, 5) is 26.4. The number of nitrogens with one attached hydrogen (secondary N) is 1. The topological polar surface area (TPSA) is 49.4 Å². The van der Waals surface area contributed by atoms with Crippen LogP contribution in [0.4, 0.5) is 4.39 Å². The van der Waals surface area contributed by atoms with Crippen molar-refractivity contribution in [2.24, 2.45) is 5.92 Å². The number of halogens is 1. The molecule has 1 N–H and O–H groups in total. The maximum Gasteiger partial charge on any atom is 0.223 e. The van der Waals surface area contributed by atoms with Crippen molar-refractivity contribution in [2.75, 3.05) is 13.1 Å². The van der Waals surface area contributed by atoms with Gasteiger partial charge in [-0.15, -0.1) is 0 Å². The second kappa shape index (κ2) is 8.28. The molecule has 1 heterocycles. The van der Waals surface area contributed by atoms with Crippen molar-refractivity contribution in [1.82, 2.24) is 10.2 Å². The molecular weight excluding hydrogens is 319 g/mol. The average molecular weight is 344 g/mol. The Bertz CT molecular complexity index is 659. The first-order chi connectivity index (χ1) is 12.1. The Morgan fingerprint density at radius 1 is 1.36 bits per heavy atom. The van der Waals surface area contributed by atoms with Crippen LogP contribution in [-0.4, -0.2) is 35.8 Å². The van der Waals surface area contributed by atoms with Crippen molar-refractivity contribution in [2.45, 2.75) is 44.6 Å². The predicted molar refractivity (Wildman–Crippen MR) is 94.3 cm³/mol. The molecule has 3 rings (SSSR count). The molecule has 2 amide bonds. The third kappa shape index (κ3) is 4.68. The van der Waals surface area contributed by atoms with Gasteiger partial charge in [-0.05, 0) is 49.8 Å². The summed E-state index contributed by atoms with van der Waals surface area (Å²) in [6, 6.07) is 6.34. The van der Waals surface area contributed by atoms with Crippen molar-refractivity contribution in [3.63, 3.8) is 0 Å². The Morgan fingerprint density at radius 3 is 2.92 bits per heavy atom. The number of allylic oxidation sites excluding steroid dienone is 2. The number of nitrogens with zero attached hydrogens (tertiary/aromatic N) is 1. The molecule has 4 nitrogen and oxygen atoms in total. The fraction of sp³-hybridized carbons (Fsp3) is 0.500. The molecule has 1 aromatic rings. The van der Waals surface area contributed by atoms with E-state index in [1.54, 1.807) is 6.07 Å². The maximum atomic E-state index is 13.5. The number of hydrogen-bond acceptors (Lipinski definition) is 2. The van der Waals surface area contributed by atoms with Crippen molar-refractivity contribution in [1.29, 1.82) is 0 Å². The van der Waals surface area contributed by atoms with E-state index in [1.807, 2.05) is 11.0 Å². The summed E-state index contributed by atoms with van der Waals surface area (Å²) >= 11 is 0. The molecule has 2 atom stereocenters. The third-order valence-corrected chi connectivity index (χ3v) is 5.06. The maximum absolute atomic E-state index is 13.5. The highest BCUT2D eigenvalue weighted by Crippen LogP contribution is 2.20. The standard InChI is InChI=1S/C20H25FN2O2/c21-17-9-4-6-15(12-17)13-18(23-11-5-10-19(23)24)14-22-20(25)16-7-2-1-3-8-16/h1-2,4,6,9,12,16,18H,3,5,7-8,10-11,13-14H2,(H,22,25)/t16-,18-/m1/s1. The van der Waals surface area contributed by atoms with Gasteiger partial charge in [-0.3, -0.25) is 9.59 Å². The molecule has 0 unspecified atom stereocenters. The number of hydrogen-bond donors (Lipinski definition) is 1. The van der Waals surface area contributed by atoms with Crippen LogP contribution in [-0.2, 0) is 16.0 Å². The minimum absolute atomic E-state index is 0.0223. The molecule has 1 saturated heterocycles. The van der Waals surface area contributed by atoms with E-state index in [4.69, 9.17) is 0 Å². The van der Waals surface area contributed by atoms with Crippen LogP contribution in [0.5, 0.6) is 0 Å². The lowest BCUT2D eigenvalue weighted by Gasteiger charge is -2.29. The van der Waals surface area contributed by atoms with E-state index in [0.29, 0.717) is 25.9 Å². The highest BCUT2D eigenvalue weighted by Gasteiger charge is 2.29. The molecule has 0 aromatic heterocycles. The largest absolute Gasteiger partial charge is 0.354 e. The van der Waals surface area contributed by atoms with Crippen molar-refractivity contribution in [3.8, 4) is 0 Å². The zero-order chi connectivity index (χ0) is 17.6. The summed E-state index contributed by atoms with van der Waals surface area (Å²) < 4.78 is 13.5. The van der Waals surface area contributed by atoms with Gasteiger partial charge in [0.05, 0.1) is 6.04 Å². The zero-order valence-electron chi connectivity index (χ0n) is 14.4. The van der Waals surface area contributed by atoms with Gasteiger partial charge in [-0.25, -0.2) is 4.39 Å². The lowest BCUT2D eigenvalue weighted by molar-refractivity contribution is -0.131. The van der Waals surface area contributed by atoms with Crippen molar-refractivity contribution in [3.05, 3.63) is 47.8 Å². The number of benzene rings is 1. The minimum Gasteiger partial charge on any atom is -0.354 e. The van der Waals surface area contributed by atoms with Gasteiger partial charge in [0, 0.05) is 25.4 Å². The normalized spacial score (nSPS) is 21.4. The van der Waals surface area contributed by atoms with Crippen LogP contribution < -0.4 is 5.32 Å². The van der Waals surface area contributed by atoms with Gasteiger partial charge in [-0.2, -0.15) is 0 Å². The Hall–Kier alpha value is -2.17. The Labute approximate surface area is 148 Å². The van der Waals surface area contributed by atoms with E-state index >= 15 is 0 Å². The first-order valence-corrected chi connectivity index (χ1v) is 9.10. The second-order valence-electron chi connectivity index (χ2n) is 6.91. The van der Waals surface area contributed by atoms with Gasteiger partial charge >= 0.3 is 0 Å². The Kier molecular flexibility index (Phi) is 5.84.